The number of furan rings is 1. The minimum absolute atomic E-state index is 0.544. The van der Waals surface area contributed by atoms with Gasteiger partial charge in [-0.05, 0) is 28.9 Å². The van der Waals surface area contributed by atoms with E-state index in [1.165, 1.54) is 0 Å². The lowest BCUT2D eigenvalue weighted by molar-refractivity contribution is 0.171. The average Bonchev–Trinajstić information content (AvgIpc) is 2.45. The maximum atomic E-state index is 9.36. The van der Waals surface area contributed by atoms with E-state index in [2.05, 4.69) is 20.9 Å². The molecule has 0 saturated heterocycles. The Hall–Kier alpha value is -0.870. The summed E-state index contributed by atoms with van der Waals surface area (Å²) in [6, 6.07) is 1.84. The van der Waals surface area contributed by atoms with Gasteiger partial charge in [0, 0.05) is 11.6 Å². The van der Waals surface area contributed by atoms with Crippen LogP contribution in [0.3, 0.4) is 0 Å². The zero-order valence-electron chi connectivity index (χ0n) is 6.99. The van der Waals surface area contributed by atoms with Gasteiger partial charge in [-0.2, -0.15) is 0 Å². The Morgan fingerprint density at radius 2 is 2.38 bits per heavy atom. The van der Waals surface area contributed by atoms with E-state index in [4.69, 9.17) is 4.42 Å². The summed E-state index contributed by atoms with van der Waals surface area (Å²) in [6.45, 7) is 1.66. The fourth-order valence-electron chi connectivity index (χ4n) is 1.21. The predicted octanol–water partition coefficient (Wildman–Crippen LogP) is 2.64. The quantitative estimate of drug-likeness (QED) is 0.836. The van der Waals surface area contributed by atoms with Gasteiger partial charge in [-0.15, -0.1) is 0 Å². The number of aromatic nitrogens is 1. The van der Waals surface area contributed by atoms with E-state index in [0.29, 0.717) is 11.3 Å². The molecule has 0 bridgehead atoms. The Morgan fingerprint density at radius 3 is 3.00 bits per heavy atom. The summed E-state index contributed by atoms with van der Waals surface area (Å²) in [4.78, 5) is 3.93. The number of fused-ring (bicyclic) bond motifs is 1. The summed E-state index contributed by atoms with van der Waals surface area (Å²) in [7, 11) is 0. The first kappa shape index (κ1) is 8.72. The molecule has 2 rings (SSSR count). The summed E-state index contributed by atoms with van der Waals surface area (Å²) < 4.78 is 6.21. The molecule has 0 aliphatic rings. The molecule has 0 spiro atoms. The first-order chi connectivity index (χ1) is 6.20. The monoisotopic (exact) mass is 241 g/mol. The van der Waals surface area contributed by atoms with Crippen molar-refractivity contribution in [2.75, 3.05) is 0 Å². The maximum Gasteiger partial charge on any atom is 0.153 e. The highest BCUT2D eigenvalue weighted by Crippen LogP contribution is 2.33. The van der Waals surface area contributed by atoms with Crippen molar-refractivity contribution < 1.29 is 9.52 Å². The number of hydrogen-bond donors (Lipinski definition) is 1. The summed E-state index contributed by atoms with van der Waals surface area (Å²) in [5, 5.41) is 10.3. The van der Waals surface area contributed by atoms with Crippen molar-refractivity contribution in [3.8, 4) is 0 Å². The Balaban J connectivity index is 2.74. The minimum atomic E-state index is -0.609. The van der Waals surface area contributed by atoms with E-state index in [-0.39, 0.29) is 0 Å². The molecule has 0 aromatic carbocycles. The summed E-state index contributed by atoms with van der Waals surface area (Å²) in [5.41, 5.74) is 0.685. The summed E-state index contributed by atoms with van der Waals surface area (Å²) >= 11 is 3.37. The molecule has 68 valence electrons. The van der Waals surface area contributed by atoms with Crippen LogP contribution >= 0.6 is 15.9 Å². The van der Waals surface area contributed by atoms with Crippen LogP contribution < -0.4 is 0 Å². The molecule has 2 aromatic heterocycles. The zero-order valence-corrected chi connectivity index (χ0v) is 8.58. The third kappa shape index (κ3) is 1.36. The van der Waals surface area contributed by atoms with E-state index in [1.54, 1.807) is 19.3 Å². The number of rotatable bonds is 1. The third-order valence-electron chi connectivity index (χ3n) is 1.84. The molecule has 0 amide bonds. The zero-order chi connectivity index (χ0) is 9.42. The van der Waals surface area contributed by atoms with Crippen LogP contribution in [0.25, 0.3) is 11.0 Å². The van der Waals surface area contributed by atoms with Gasteiger partial charge in [0.2, 0.25) is 0 Å². The Morgan fingerprint density at radius 1 is 1.62 bits per heavy atom. The van der Waals surface area contributed by atoms with Gasteiger partial charge in [-0.25, -0.2) is 0 Å². The lowest BCUT2D eigenvalue weighted by atomic mass is 10.2. The fraction of sp³-hybridized carbons (Fsp3) is 0.222. The van der Waals surface area contributed by atoms with Gasteiger partial charge >= 0.3 is 0 Å². The van der Waals surface area contributed by atoms with Crippen molar-refractivity contribution in [2.24, 2.45) is 0 Å². The number of hydrogen-bond acceptors (Lipinski definition) is 3. The van der Waals surface area contributed by atoms with Gasteiger partial charge in [0.15, 0.2) is 5.58 Å². The normalized spacial score (nSPS) is 13.5. The van der Waals surface area contributed by atoms with Crippen LogP contribution in [-0.2, 0) is 0 Å². The molecule has 2 aromatic rings. The van der Waals surface area contributed by atoms with Crippen molar-refractivity contribution in [1.82, 2.24) is 4.98 Å². The Labute approximate surface area is 83.5 Å². The minimum Gasteiger partial charge on any atom is -0.455 e. The molecular formula is C9H8BrNO2. The molecule has 1 atom stereocenters. The van der Waals surface area contributed by atoms with Gasteiger partial charge in [0.05, 0.1) is 10.7 Å². The second kappa shape index (κ2) is 3.12. The highest BCUT2D eigenvalue weighted by atomic mass is 79.9. The molecule has 2 heterocycles. The van der Waals surface area contributed by atoms with Crippen molar-refractivity contribution in [3.05, 3.63) is 28.7 Å². The molecular weight excluding hydrogens is 234 g/mol. The SMILES string of the molecule is CC(O)c1oc2cnccc2c1Br. The van der Waals surface area contributed by atoms with E-state index >= 15 is 0 Å². The first-order valence-corrected chi connectivity index (χ1v) is 4.69. The van der Waals surface area contributed by atoms with Crippen LogP contribution in [0.5, 0.6) is 0 Å². The molecule has 1 unspecified atom stereocenters. The topological polar surface area (TPSA) is 46.3 Å². The largest absolute Gasteiger partial charge is 0.455 e. The van der Waals surface area contributed by atoms with Crippen molar-refractivity contribution >= 4 is 26.9 Å². The maximum absolute atomic E-state index is 9.36. The van der Waals surface area contributed by atoms with Crippen LogP contribution in [0.2, 0.25) is 0 Å². The molecule has 0 aliphatic heterocycles. The molecule has 0 radical (unpaired) electrons. The number of nitrogens with zero attached hydrogens (tertiary/aromatic N) is 1. The second-order valence-electron chi connectivity index (χ2n) is 2.83. The van der Waals surface area contributed by atoms with E-state index in [1.807, 2.05) is 6.07 Å². The van der Waals surface area contributed by atoms with Crippen LogP contribution in [0, 0.1) is 0 Å². The Kier molecular flexibility index (Phi) is 2.09. The van der Waals surface area contributed by atoms with Crippen molar-refractivity contribution in [2.45, 2.75) is 13.0 Å². The van der Waals surface area contributed by atoms with Crippen molar-refractivity contribution in [1.29, 1.82) is 0 Å². The molecule has 13 heavy (non-hydrogen) atoms. The summed E-state index contributed by atoms with van der Waals surface area (Å²) in [5.74, 6) is 0.544. The lowest BCUT2D eigenvalue weighted by Gasteiger charge is -1.97. The standard InChI is InChI=1S/C9H8BrNO2/c1-5(12)9-8(10)6-2-3-11-4-7(6)13-9/h2-5,12H,1H3. The highest BCUT2D eigenvalue weighted by Gasteiger charge is 2.15. The van der Waals surface area contributed by atoms with Crippen LogP contribution in [0.4, 0.5) is 0 Å². The van der Waals surface area contributed by atoms with Gasteiger partial charge < -0.3 is 9.52 Å². The summed E-state index contributed by atoms with van der Waals surface area (Å²) in [6.07, 6.45) is 2.71. The average molecular weight is 242 g/mol. The predicted molar refractivity (Wildman–Crippen MR) is 52.3 cm³/mol. The van der Waals surface area contributed by atoms with Gasteiger partial charge in [0.1, 0.15) is 11.9 Å². The molecule has 0 saturated carbocycles. The van der Waals surface area contributed by atoms with E-state index in [9.17, 15) is 5.11 Å². The van der Waals surface area contributed by atoms with Gasteiger partial charge in [-0.1, -0.05) is 0 Å². The van der Waals surface area contributed by atoms with Gasteiger partial charge in [0.25, 0.3) is 0 Å². The smallest absolute Gasteiger partial charge is 0.153 e. The van der Waals surface area contributed by atoms with E-state index < -0.39 is 6.10 Å². The Bertz CT molecular complexity index is 436. The van der Waals surface area contributed by atoms with Crippen molar-refractivity contribution in [3.63, 3.8) is 0 Å². The van der Waals surface area contributed by atoms with Crippen LogP contribution in [0.15, 0.2) is 27.3 Å². The lowest BCUT2D eigenvalue weighted by Crippen LogP contribution is -1.87. The molecule has 1 N–H and O–H groups in total. The fourth-order valence-corrected chi connectivity index (χ4v) is 1.95. The van der Waals surface area contributed by atoms with Crippen LogP contribution in [-0.4, -0.2) is 10.1 Å². The van der Waals surface area contributed by atoms with Gasteiger partial charge in [-0.3, -0.25) is 4.98 Å². The number of pyridine rings is 1. The number of aliphatic hydroxyl groups excluding tert-OH is 1. The molecule has 0 fully saturated rings. The van der Waals surface area contributed by atoms with E-state index in [0.717, 1.165) is 9.86 Å². The second-order valence-corrected chi connectivity index (χ2v) is 3.62. The number of aliphatic hydroxyl groups is 1. The third-order valence-corrected chi connectivity index (χ3v) is 2.65. The number of halogens is 1. The molecule has 3 nitrogen and oxygen atoms in total. The van der Waals surface area contributed by atoms with Crippen LogP contribution in [0.1, 0.15) is 18.8 Å². The first-order valence-electron chi connectivity index (χ1n) is 3.90. The molecule has 0 aliphatic carbocycles. The molecule has 4 heteroatoms. The highest BCUT2D eigenvalue weighted by molar-refractivity contribution is 9.10.